The van der Waals surface area contributed by atoms with Crippen molar-refractivity contribution in [3.05, 3.63) is 35.9 Å². The fraction of sp³-hybridized carbons (Fsp3) is 0.562. The zero-order valence-electron chi connectivity index (χ0n) is 11.2. The summed E-state index contributed by atoms with van der Waals surface area (Å²) in [6, 6.07) is 10.4. The molecule has 0 saturated heterocycles. The summed E-state index contributed by atoms with van der Waals surface area (Å²) in [5.41, 5.74) is 1.10. The van der Waals surface area contributed by atoms with Gasteiger partial charge in [-0.25, -0.2) is 0 Å². The fourth-order valence-corrected chi connectivity index (χ4v) is 3.00. The first-order valence-electron chi connectivity index (χ1n) is 7.06. The molecule has 0 heterocycles. The Morgan fingerprint density at radius 3 is 2.47 bits per heavy atom. The molecule has 0 amide bonds. The standard InChI is InChI=1S/C16H21BrO2/c17-13-15(18)19-16(10-5-2-6-11-16)12-9-14-7-3-1-4-8-14/h1,3-4,7-8H,2,5-6,9-13H2. The summed E-state index contributed by atoms with van der Waals surface area (Å²) in [5, 5.41) is 0.292. The number of rotatable bonds is 5. The number of alkyl halides is 1. The van der Waals surface area contributed by atoms with E-state index >= 15 is 0 Å². The van der Waals surface area contributed by atoms with E-state index in [1.165, 1.54) is 24.8 Å². The second-order valence-electron chi connectivity index (χ2n) is 5.34. The Bertz CT molecular complexity index is 396. The van der Waals surface area contributed by atoms with Crippen LogP contribution in [-0.4, -0.2) is 16.9 Å². The molecule has 0 N–H and O–H groups in total. The van der Waals surface area contributed by atoms with Crippen molar-refractivity contribution in [1.82, 2.24) is 0 Å². The molecule has 3 heteroatoms. The van der Waals surface area contributed by atoms with Crippen molar-refractivity contribution in [1.29, 1.82) is 0 Å². The van der Waals surface area contributed by atoms with Crippen LogP contribution in [0.1, 0.15) is 44.1 Å². The van der Waals surface area contributed by atoms with Crippen molar-refractivity contribution in [2.75, 3.05) is 5.33 Å². The van der Waals surface area contributed by atoms with Crippen LogP contribution in [0.3, 0.4) is 0 Å². The van der Waals surface area contributed by atoms with Gasteiger partial charge in [0.15, 0.2) is 0 Å². The van der Waals surface area contributed by atoms with Gasteiger partial charge in [-0.15, -0.1) is 0 Å². The lowest BCUT2D eigenvalue weighted by Crippen LogP contribution is -2.38. The molecule has 1 aromatic carbocycles. The van der Waals surface area contributed by atoms with Crippen LogP contribution in [0, 0.1) is 0 Å². The van der Waals surface area contributed by atoms with E-state index in [-0.39, 0.29) is 11.6 Å². The highest BCUT2D eigenvalue weighted by atomic mass is 79.9. The molecule has 0 aliphatic heterocycles. The molecule has 2 rings (SSSR count). The average Bonchev–Trinajstić information content (AvgIpc) is 2.47. The van der Waals surface area contributed by atoms with Crippen LogP contribution in [-0.2, 0) is 16.0 Å². The lowest BCUT2D eigenvalue weighted by atomic mass is 9.80. The molecular formula is C16H21BrO2. The molecular weight excluding hydrogens is 304 g/mol. The molecule has 0 spiro atoms. The Labute approximate surface area is 123 Å². The van der Waals surface area contributed by atoms with E-state index in [0.717, 1.165) is 25.7 Å². The zero-order chi connectivity index (χ0) is 13.6. The maximum absolute atomic E-state index is 11.6. The minimum absolute atomic E-state index is 0.130. The smallest absolute Gasteiger partial charge is 0.317 e. The molecule has 0 bridgehead atoms. The number of benzene rings is 1. The fourth-order valence-electron chi connectivity index (χ4n) is 2.88. The first kappa shape index (κ1) is 14.6. The number of esters is 1. The monoisotopic (exact) mass is 324 g/mol. The van der Waals surface area contributed by atoms with Gasteiger partial charge < -0.3 is 4.74 Å². The second-order valence-corrected chi connectivity index (χ2v) is 5.90. The predicted molar refractivity (Wildman–Crippen MR) is 80.5 cm³/mol. The van der Waals surface area contributed by atoms with Crippen molar-refractivity contribution in [2.45, 2.75) is 50.5 Å². The zero-order valence-corrected chi connectivity index (χ0v) is 12.8. The molecule has 0 radical (unpaired) electrons. The molecule has 0 atom stereocenters. The quantitative estimate of drug-likeness (QED) is 0.597. The first-order chi connectivity index (χ1) is 9.24. The summed E-state index contributed by atoms with van der Waals surface area (Å²) in [5.74, 6) is -0.130. The maximum atomic E-state index is 11.6. The van der Waals surface area contributed by atoms with Crippen LogP contribution in [0.2, 0.25) is 0 Å². The summed E-state index contributed by atoms with van der Waals surface area (Å²) in [6.07, 6.45) is 7.55. The molecule has 1 aliphatic carbocycles. The van der Waals surface area contributed by atoms with Gasteiger partial charge in [-0.2, -0.15) is 0 Å². The van der Waals surface area contributed by atoms with Crippen LogP contribution < -0.4 is 0 Å². The normalized spacial score (nSPS) is 17.9. The van der Waals surface area contributed by atoms with Gasteiger partial charge >= 0.3 is 5.97 Å². The largest absolute Gasteiger partial charge is 0.458 e. The van der Waals surface area contributed by atoms with Crippen LogP contribution in [0.5, 0.6) is 0 Å². The van der Waals surface area contributed by atoms with Crippen LogP contribution in [0.25, 0.3) is 0 Å². The highest BCUT2D eigenvalue weighted by Crippen LogP contribution is 2.35. The second kappa shape index (κ2) is 7.09. The van der Waals surface area contributed by atoms with E-state index < -0.39 is 0 Å². The van der Waals surface area contributed by atoms with E-state index in [4.69, 9.17) is 4.74 Å². The summed E-state index contributed by atoms with van der Waals surface area (Å²) in [7, 11) is 0. The van der Waals surface area contributed by atoms with Gasteiger partial charge in [0.05, 0.1) is 0 Å². The number of carbonyl (C=O) groups excluding carboxylic acids is 1. The predicted octanol–water partition coefficient (Wildman–Crippen LogP) is 4.26. The summed E-state index contributed by atoms with van der Waals surface area (Å²) >= 11 is 3.19. The molecule has 1 aromatic rings. The van der Waals surface area contributed by atoms with Crippen molar-refractivity contribution in [2.24, 2.45) is 0 Å². The lowest BCUT2D eigenvalue weighted by Gasteiger charge is -2.37. The van der Waals surface area contributed by atoms with E-state index in [2.05, 4.69) is 40.2 Å². The lowest BCUT2D eigenvalue weighted by molar-refractivity contribution is -0.160. The van der Waals surface area contributed by atoms with Gasteiger partial charge in [0.25, 0.3) is 0 Å². The third-order valence-corrected chi connectivity index (χ3v) is 4.37. The Morgan fingerprint density at radius 1 is 1.16 bits per heavy atom. The summed E-state index contributed by atoms with van der Waals surface area (Å²) < 4.78 is 5.76. The van der Waals surface area contributed by atoms with Gasteiger partial charge in [0, 0.05) is 0 Å². The molecule has 2 nitrogen and oxygen atoms in total. The number of hydrogen-bond acceptors (Lipinski definition) is 2. The van der Waals surface area contributed by atoms with Crippen LogP contribution >= 0.6 is 15.9 Å². The first-order valence-corrected chi connectivity index (χ1v) is 8.18. The van der Waals surface area contributed by atoms with E-state index in [9.17, 15) is 4.79 Å². The summed E-state index contributed by atoms with van der Waals surface area (Å²) in [6.45, 7) is 0. The molecule has 0 aromatic heterocycles. The van der Waals surface area contributed by atoms with Gasteiger partial charge in [-0.3, -0.25) is 4.79 Å². The SMILES string of the molecule is O=C(CBr)OC1(CCc2ccccc2)CCCCC1. The van der Waals surface area contributed by atoms with Crippen molar-refractivity contribution in [3.8, 4) is 0 Å². The number of ether oxygens (including phenoxy) is 1. The topological polar surface area (TPSA) is 26.3 Å². The van der Waals surface area contributed by atoms with Gasteiger partial charge in [-0.05, 0) is 44.1 Å². The maximum Gasteiger partial charge on any atom is 0.317 e. The highest BCUT2D eigenvalue weighted by molar-refractivity contribution is 9.09. The Balaban J connectivity index is 1.99. The van der Waals surface area contributed by atoms with Gasteiger partial charge in [-0.1, -0.05) is 52.7 Å². The van der Waals surface area contributed by atoms with Gasteiger partial charge in [0.2, 0.25) is 0 Å². The highest BCUT2D eigenvalue weighted by Gasteiger charge is 2.35. The number of aryl methyl sites for hydroxylation is 1. The molecule has 104 valence electrons. The van der Waals surface area contributed by atoms with Crippen molar-refractivity contribution < 1.29 is 9.53 Å². The molecule has 1 aliphatic rings. The molecule has 1 fully saturated rings. The van der Waals surface area contributed by atoms with E-state index in [0.29, 0.717) is 5.33 Å². The Hall–Kier alpha value is -0.830. The number of halogens is 1. The van der Waals surface area contributed by atoms with Crippen molar-refractivity contribution >= 4 is 21.9 Å². The minimum atomic E-state index is -0.223. The molecule has 0 unspecified atom stereocenters. The number of carbonyl (C=O) groups is 1. The Morgan fingerprint density at radius 2 is 1.84 bits per heavy atom. The van der Waals surface area contributed by atoms with Crippen LogP contribution in [0.4, 0.5) is 0 Å². The third kappa shape index (κ3) is 4.34. The van der Waals surface area contributed by atoms with E-state index in [1.807, 2.05) is 6.07 Å². The van der Waals surface area contributed by atoms with Gasteiger partial charge in [0.1, 0.15) is 10.9 Å². The third-order valence-electron chi connectivity index (χ3n) is 3.92. The Kier molecular flexibility index (Phi) is 5.44. The average molecular weight is 325 g/mol. The van der Waals surface area contributed by atoms with Crippen LogP contribution in [0.15, 0.2) is 30.3 Å². The molecule has 19 heavy (non-hydrogen) atoms. The summed E-state index contributed by atoms with van der Waals surface area (Å²) in [4.78, 5) is 11.6. The van der Waals surface area contributed by atoms with Crippen molar-refractivity contribution in [3.63, 3.8) is 0 Å². The molecule has 1 saturated carbocycles. The van der Waals surface area contributed by atoms with E-state index in [1.54, 1.807) is 0 Å². The minimum Gasteiger partial charge on any atom is -0.458 e. The number of hydrogen-bond donors (Lipinski definition) is 0.